The van der Waals surface area contributed by atoms with Crippen LogP contribution >= 0.6 is 11.6 Å². The standard InChI is InChI=1S/C13H16ClN3/c1-9(15)8-11-12(14)4-3-5-13(11)17-7-6-10(2)16-17/h3-7,9H,8,15H2,1-2H3. The fourth-order valence-corrected chi connectivity index (χ4v) is 2.08. The quantitative estimate of drug-likeness (QED) is 0.909. The molecule has 1 atom stereocenters. The maximum Gasteiger partial charge on any atom is 0.0693 e. The predicted molar refractivity (Wildman–Crippen MR) is 70.7 cm³/mol. The molecule has 1 unspecified atom stereocenters. The second kappa shape index (κ2) is 4.90. The van der Waals surface area contributed by atoms with Crippen molar-refractivity contribution in [3.05, 3.63) is 46.7 Å². The first-order valence-electron chi connectivity index (χ1n) is 5.63. The van der Waals surface area contributed by atoms with E-state index in [0.29, 0.717) is 0 Å². The van der Waals surface area contributed by atoms with E-state index in [1.807, 2.05) is 49.0 Å². The highest BCUT2D eigenvalue weighted by Gasteiger charge is 2.11. The van der Waals surface area contributed by atoms with Crippen molar-refractivity contribution in [1.29, 1.82) is 0 Å². The van der Waals surface area contributed by atoms with E-state index in [-0.39, 0.29) is 6.04 Å². The number of nitrogens with zero attached hydrogens (tertiary/aromatic N) is 2. The number of aryl methyl sites for hydroxylation is 1. The van der Waals surface area contributed by atoms with Gasteiger partial charge in [0.15, 0.2) is 0 Å². The molecule has 17 heavy (non-hydrogen) atoms. The van der Waals surface area contributed by atoms with Gasteiger partial charge in [0.1, 0.15) is 0 Å². The van der Waals surface area contributed by atoms with Gasteiger partial charge in [0.2, 0.25) is 0 Å². The van der Waals surface area contributed by atoms with Crippen LogP contribution in [-0.4, -0.2) is 15.8 Å². The van der Waals surface area contributed by atoms with Gasteiger partial charge in [-0.3, -0.25) is 0 Å². The molecule has 0 radical (unpaired) electrons. The number of aromatic nitrogens is 2. The Bertz CT molecular complexity index is 517. The molecule has 0 saturated heterocycles. The molecule has 2 rings (SSSR count). The Labute approximate surface area is 106 Å². The van der Waals surface area contributed by atoms with Gasteiger partial charge in [-0.25, -0.2) is 4.68 Å². The van der Waals surface area contributed by atoms with Crippen LogP contribution in [0.3, 0.4) is 0 Å². The van der Waals surface area contributed by atoms with Gasteiger partial charge in [0.25, 0.3) is 0 Å². The summed E-state index contributed by atoms with van der Waals surface area (Å²) in [6.07, 6.45) is 2.68. The van der Waals surface area contributed by atoms with E-state index in [1.165, 1.54) is 0 Å². The zero-order valence-corrected chi connectivity index (χ0v) is 10.8. The minimum atomic E-state index is 0.0744. The Morgan fingerprint density at radius 3 is 2.76 bits per heavy atom. The monoisotopic (exact) mass is 249 g/mol. The second-order valence-corrected chi connectivity index (χ2v) is 4.73. The zero-order chi connectivity index (χ0) is 12.4. The summed E-state index contributed by atoms with van der Waals surface area (Å²) in [5.41, 5.74) is 8.89. The lowest BCUT2D eigenvalue weighted by atomic mass is 10.1. The molecular weight excluding hydrogens is 234 g/mol. The third kappa shape index (κ3) is 2.68. The highest BCUT2D eigenvalue weighted by molar-refractivity contribution is 6.31. The smallest absolute Gasteiger partial charge is 0.0693 e. The molecule has 3 nitrogen and oxygen atoms in total. The average Bonchev–Trinajstić information content (AvgIpc) is 2.67. The fourth-order valence-electron chi connectivity index (χ4n) is 1.84. The molecule has 4 heteroatoms. The maximum atomic E-state index is 6.23. The summed E-state index contributed by atoms with van der Waals surface area (Å²) in [5, 5.41) is 5.15. The lowest BCUT2D eigenvalue weighted by molar-refractivity contribution is 0.727. The summed E-state index contributed by atoms with van der Waals surface area (Å²) in [4.78, 5) is 0. The number of rotatable bonds is 3. The van der Waals surface area contributed by atoms with E-state index in [1.54, 1.807) is 0 Å². The molecular formula is C13H16ClN3. The lowest BCUT2D eigenvalue weighted by Gasteiger charge is -2.13. The van der Waals surface area contributed by atoms with Crippen molar-refractivity contribution in [3.63, 3.8) is 0 Å². The van der Waals surface area contributed by atoms with E-state index in [0.717, 1.165) is 28.4 Å². The van der Waals surface area contributed by atoms with E-state index in [2.05, 4.69) is 5.10 Å². The first kappa shape index (κ1) is 12.1. The SMILES string of the molecule is Cc1ccn(-c2cccc(Cl)c2CC(C)N)n1. The van der Waals surface area contributed by atoms with Gasteiger partial charge in [-0.1, -0.05) is 17.7 Å². The number of hydrogen-bond acceptors (Lipinski definition) is 2. The fraction of sp³-hybridized carbons (Fsp3) is 0.308. The van der Waals surface area contributed by atoms with Crippen LogP contribution in [0.1, 0.15) is 18.2 Å². The summed E-state index contributed by atoms with van der Waals surface area (Å²) in [6.45, 7) is 3.94. The van der Waals surface area contributed by atoms with Gasteiger partial charge in [0, 0.05) is 17.3 Å². The number of nitrogens with two attached hydrogens (primary N) is 1. The second-order valence-electron chi connectivity index (χ2n) is 4.32. The summed E-state index contributed by atoms with van der Waals surface area (Å²) in [5.74, 6) is 0. The summed E-state index contributed by atoms with van der Waals surface area (Å²) in [6, 6.07) is 7.87. The van der Waals surface area contributed by atoms with Crippen LogP contribution in [-0.2, 0) is 6.42 Å². The number of halogens is 1. The molecule has 1 heterocycles. The minimum Gasteiger partial charge on any atom is -0.328 e. The van der Waals surface area contributed by atoms with E-state index < -0.39 is 0 Å². The molecule has 0 aliphatic heterocycles. The third-order valence-electron chi connectivity index (χ3n) is 2.59. The topological polar surface area (TPSA) is 43.8 Å². The van der Waals surface area contributed by atoms with Crippen molar-refractivity contribution in [2.75, 3.05) is 0 Å². The van der Waals surface area contributed by atoms with Gasteiger partial charge in [-0.15, -0.1) is 0 Å². The molecule has 2 aromatic rings. The van der Waals surface area contributed by atoms with Crippen LogP contribution in [0.4, 0.5) is 0 Å². The molecule has 0 spiro atoms. The first-order valence-corrected chi connectivity index (χ1v) is 6.01. The van der Waals surface area contributed by atoms with E-state index in [4.69, 9.17) is 17.3 Å². The number of hydrogen-bond donors (Lipinski definition) is 1. The zero-order valence-electron chi connectivity index (χ0n) is 10.0. The van der Waals surface area contributed by atoms with Gasteiger partial charge in [-0.2, -0.15) is 5.10 Å². The molecule has 0 fully saturated rings. The van der Waals surface area contributed by atoms with Crippen LogP contribution in [0.25, 0.3) is 5.69 Å². The van der Waals surface area contributed by atoms with E-state index in [9.17, 15) is 0 Å². The summed E-state index contributed by atoms with van der Waals surface area (Å²) in [7, 11) is 0. The molecule has 2 N–H and O–H groups in total. The minimum absolute atomic E-state index is 0.0744. The van der Waals surface area contributed by atoms with Gasteiger partial charge in [0.05, 0.1) is 11.4 Å². The Morgan fingerprint density at radius 1 is 1.41 bits per heavy atom. The molecule has 0 aliphatic carbocycles. The molecule has 0 saturated carbocycles. The molecule has 0 bridgehead atoms. The van der Waals surface area contributed by atoms with Crippen LogP contribution < -0.4 is 5.73 Å². The number of benzene rings is 1. The van der Waals surface area contributed by atoms with Crippen molar-refractivity contribution in [2.45, 2.75) is 26.3 Å². The Hall–Kier alpha value is -1.32. The van der Waals surface area contributed by atoms with Crippen LogP contribution in [0.2, 0.25) is 5.02 Å². The predicted octanol–water partition coefficient (Wildman–Crippen LogP) is 2.72. The molecule has 1 aromatic heterocycles. The largest absolute Gasteiger partial charge is 0.328 e. The Balaban J connectivity index is 2.49. The molecule has 1 aromatic carbocycles. The van der Waals surface area contributed by atoms with Crippen molar-refractivity contribution in [3.8, 4) is 5.69 Å². The van der Waals surface area contributed by atoms with Crippen molar-refractivity contribution >= 4 is 11.6 Å². The Kier molecular flexibility index (Phi) is 3.50. The van der Waals surface area contributed by atoms with Crippen LogP contribution in [0.15, 0.2) is 30.5 Å². The normalized spacial score (nSPS) is 12.7. The highest BCUT2D eigenvalue weighted by Crippen LogP contribution is 2.24. The van der Waals surface area contributed by atoms with Crippen molar-refractivity contribution in [2.24, 2.45) is 5.73 Å². The Morgan fingerprint density at radius 2 is 2.18 bits per heavy atom. The van der Waals surface area contributed by atoms with Gasteiger partial charge < -0.3 is 5.73 Å². The van der Waals surface area contributed by atoms with Crippen molar-refractivity contribution in [1.82, 2.24) is 9.78 Å². The lowest BCUT2D eigenvalue weighted by Crippen LogP contribution is -2.19. The summed E-state index contributed by atoms with van der Waals surface area (Å²) >= 11 is 6.23. The van der Waals surface area contributed by atoms with Crippen LogP contribution in [0.5, 0.6) is 0 Å². The molecule has 0 amide bonds. The first-order chi connectivity index (χ1) is 8.08. The van der Waals surface area contributed by atoms with Crippen LogP contribution in [0, 0.1) is 6.92 Å². The maximum absolute atomic E-state index is 6.23. The average molecular weight is 250 g/mol. The van der Waals surface area contributed by atoms with Gasteiger partial charge in [-0.05, 0) is 44.0 Å². The third-order valence-corrected chi connectivity index (χ3v) is 2.94. The van der Waals surface area contributed by atoms with Crippen molar-refractivity contribution < 1.29 is 0 Å². The summed E-state index contributed by atoms with van der Waals surface area (Å²) < 4.78 is 1.85. The highest BCUT2D eigenvalue weighted by atomic mass is 35.5. The van der Waals surface area contributed by atoms with E-state index >= 15 is 0 Å². The van der Waals surface area contributed by atoms with Gasteiger partial charge >= 0.3 is 0 Å². The molecule has 90 valence electrons. The molecule has 0 aliphatic rings.